The molecule has 172 valence electrons. The van der Waals surface area contributed by atoms with E-state index in [1.54, 1.807) is 0 Å². The molecule has 1 saturated heterocycles. The van der Waals surface area contributed by atoms with Gasteiger partial charge < -0.3 is 20.2 Å². The predicted octanol–water partition coefficient (Wildman–Crippen LogP) is 3.54. The van der Waals surface area contributed by atoms with E-state index in [1.807, 2.05) is 13.8 Å². The molecule has 1 aliphatic rings. The Morgan fingerprint density at radius 2 is 1.62 bits per heavy atom. The van der Waals surface area contributed by atoms with Crippen molar-refractivity contribution in [1.82, 2.24) is 15.1 Å². The Bertz CT molecular complexity index is 445. The van der Waals surface area contributed by atoms with Gasteiger partial charge in [0.25, 0.3) is 0 Å². The van der Waals surface area contributed by atoms with Gasteiger partial charge in [-0.3, -0.25) is 9.59 Å². The molecule has 7 heteroatoms. The van der Waals surface area contributed by atoms with Gasteiger partial charge in [0.2, 0.25) is 12.3 Å². The van der Waals surface area contributed by atoms with Crippen molar-refractivity contribution < 1.29 is 19.5 Å². The number of amides is 2. The molecule has 0 unspecified atom stereocenters. The van der Waals surface area contributed by atoms with Crippen LogP contribution < -0.4 is 5.32 Å². The summed E-state index contributed by atoms with van der Waals surface area (Å²) in [6.07, 6.45) is 7.39. The van der Waals surface area contributed by atoms with Crippen LogP contribution in [0.3, 0.4) is 0 Å². The van der Waals surface area contributed by atoms with Gasteiger partial charge in [-0.1, -0.05) is 46.6 Å². The zero-order valence-corrected chi connectivity index (χ0v) is 20.0. The molecule has 0 aromatic rings. The van der Waals surface area contributed by atoms with Crippen LogP contribution in [0.4, 0.5) is 0 Å². The Balaban J connectivity index is -0.000000407. The SMILES string of the molecule is C/C(=C\CN(C)C(=O)CNC=O)C(=O)O.CC.CC(C)N1CCCCC1.CCC. The fraction of sp³-hybridized carbons (Fsp3) is 0.773. The summed E-state index contributed by atoms with van der Waals surface area (Å²) in [5.74, 6) is -1.29. The first-order chi connectivity index (χ1) is 13.7. The van der Waals surface area contributed by atoms with E-state index in [0.29, 0.717) is 6.41 Å². The second kappa shape index (κ2) is 22.4. The second-order valence-electron chi connectivity index (χ2n) is 6.86. The van der Waals surface area contributed by atoms with Crippen LogP contribution in [0.25, 0.3) is 0 Å². The number of hydrogen-bond acceptors (Lipinski definition) is 4. The van der Waals surface area contributed by atoms with Gasteiger partial charge in [-0.25, -0.2) is 4.79 Å². The standard InChI is InChI=1S/C9H14N2O4.C8H17N.C3H8.C2H6/c1-7(9(14)15)3-4-11(2)8(13)5-10-6-12;1-8(2)9-6-4-3-5-7-9;1-3-2;1-2/h3,6H,4-5H2,1-2H3,(H,10,12)(H,14,15);8H,3-7H2,1-2H3;3H2,1-2H3;1-2H3/b7-3+;;;. The van der Waals surface area contributed by atoms with E-state index >= 15 is 0 Å². The highest BCUT2D eigenvalue weighted by Gasteiger charge is 2.11. The highest BCUT2D eigenvalue weighted by atomic mass is 16.4. The van der Waals surface area contributed by atoms with Crippen LogP contribution >= 0.6 is 0 Å². The van der Waals surface area contributed by atoms with Crippen LogP contribution in [0.2, 0.25) is 0 Å². The summed E-state index contributed by atoms with van der Waals surface area (Å²) in [6.45, 7) is 17.0. The first kappa shape index (κ1) is 31.8. The van der Waals surface area contributed by atoms with Crippen molar-refractivity contribution in [3.8, 4) is 0 Å². The molecule has 1 rings (SSSR count). The summed E-state index contributed by atoms with van der Waals surface area (Å²) < 4.78 is 0. The number of nitrogens with one attached hydrogen (secondary N) is 1. The van der Waals surface area contributed by atoms with Gasteiger partial charge in [-0.05, 0) is 46.7 Å². The number of carbonyl (C=O) groups excluding carboxylic acids is 2. The monoisotopic (exact) mass is 415 g/mol. The van der Waals surface area contributed by atoms with E-state index in [2.05, 4.69) is 37.9 Å². The quantitative estimate of drug-likeness (QED) is 0.490. The van der Waals surface area contributed by atoms with Gasteiger partial charge in [0.15, 0.2) is 0 Å². The van der Waals surface area contributed by atoms with Crippen molar-refractivity contribution in [2.75, 3.05) is 33.2 Å². The molecule has 7 nitrogen and oxygen atoms in total. The molecule has 0 radical (unpaired) electrons. The molecule has 0 aromatic heterocycles. The van der Waals surface area contributed by atoms with Crippen molar-refractivity contribution in [2.24, 2.45) is 0 Å². The smallest absolute Gasteiger partial charge is 0.331 e. The molecule has 1 heterocycles. The summed E-state index contributed by atoms with van der Waals surface area (Å²) in [4.78, 5) is 35.4. The molecular weight excluding hydrogens is 370 g/mol. The lowest BCUT2D eigenvalue weighted by Gasteiger charge is -2.29. The maximum Gasteiger partial charge on any atom is 0.331 e. The lowest BCUT2D eigenvalue weighted by Crippen LogP contribution is -2.35. The van der Waals surface area contributed by atoms with Gasteiger partial charge >= 0.3 is 5.97 Å². The topological polar surface area (TPSA) is 90.0 Å². The summed E-state index contributed by atoms with van der Waals surface area (Å²) >= 11 is 0. The fourth-order valence-electron chi connectivity index (χ4n) is 2.16. The minimum absolute atomic E-state index is 0.0834. The number of carboxylic acids is 1. The molecule has 0 atom stereocenters. The fourth-order valence-corrected chi connectivity index (χ4v) is 2.16. The van der Waals surface area contributed by atoms with E-state index in [-0.39, 0.29) is 24.6 Å². The number of aliphatic carboxylic acids is 1. The van der Waals surface area contributed by atoms with Gasteiger partial charge in [0.1, 0.15) is 0 Å². The number of piperidine rings is 1. The van der Waals surface area contributed by atoms with Crippen molar-refractivity contribution >= 4 is 18.3 Å². The molecule has 0 saturated carbocycles. The molecule has 0 bridgehead atoms. The van der Waals surface area contributed by atoms with Gasteiger partial charge in [0.05, 0.1) is 6.54 Å². The van der Waals surface area contributed by atoms with Crippen molar-refractivity contribution in [1.29, 1.82) is 0 Å². The van der Waals surface area contributed by atoms with E-state index in [9.17, 15) is 14.4 Å². The number of carboxylic acid groups (broad SMARTS) is 1. The minimum Gasteiger partial charge on any atom is -0.478 e. The van der Waals surface area contributed by atoms with Crippen molar-refractivity contribution in [3.63, 3.8) is 0 Å². The Hall–Kier alpha value is -1.89. The summed E-state index contributed by atoms with van der Waals surface area (Å²) in [5.41, 5.74) is 0.179. The van der Waals surface area contributed by atoms with Crippen LogP contribution in [0.15, 0.2) is 11.6 Å². The zero-order chi connectivity index (χ0) is 23.2. The maximum atomic E-state index is 11.2. The highest BCUT2D eigenvalue weighted by Crippen LogP contribution is 2.10. The summed E-state index contributed by atoms with van der Waals surface area (Å²) in [7, 11) is 1.53. The van der Waals surface area contributed by atoms with Gasteiger partial charge in [0, 0.05) is 25.2 Å². The minimum atomic E-state index is -1.01. The van der Waals surface area contributed by atoms with Crippen LogP contribution in [0, 0.1) is 0 Å². The number of rotatable bonds is 7. The average Bonchev–Trinajstić information content (AvgIpc) is 2.72. The van der Waals surface area contributed by atoms with Crippen LogP contribution in [-0.2, 0) is 14.4 Å². The highest BCUT2D eigenvalue weighted by molar-refractivity contribution is 5.86. The predicted molar refractivity (Wildman–Crippen MR) is 121 cm³/mol. The third kappa shape index (κ3) is 20.7. The van der Waals surface area contributed by atoms with E-state index in [4.69, 9.17) is 5.11 Å². The zero-order valence-electron chi connectivity index (χ0n) is 20.0. The number of nitrogens with zero attached hydrogens (tertiary/aromatic N) is 2. The van der Waals surface area contributed by atoms with Crippen LogP contribution in [0.5, 0.6) is 0 Å². The maximum absolute atomic E-state index is 11.2. The van der Waals surface area contributed by atoms with Crippen LogP contribution in [-0.4, -0.2) is 72.5 Å². The average molecular weight is 416 g/mol. The Morgan fingerprint density at radius 1 is 1.14 bits per heavy atom. The molecule has 0 aromatic carbocycles. The largest absolute Gasteiger partial charge is 0.478 e. The molecule has 2 amide bonds. The number of carbonyl (C=O) groups is 3. The molecular formula is C22H45N3O4. The molecule has 2 N–H and O–H groups in total. The summed E-state index contributed by atoms with van der Waals surface area (Å²) in [5, 5.41) is 10.8. The molecule has 1 fully saturated rings. The molecule has 0 spiro atoms. The number of hydrogen-bond donors (Lipinski definition) is 2. The first-order valence-electron chi connectivity index (χ1n) is 10.8. The van der Waals surface area contributed by atoms with Crippen molar-refractivity contribution in [2.45, 2.75) is 80.2 Å². The van der Waals surface area contributed by atoms with E-state index in [1.165, 1.54) is 63.7 Å². The van der Waals surface area contributed by atoms with E-state index < -0.39 is 5.97 Å². The van der Waals surface area contributed by atoms with Crippen molar-refractivity contribution in [3.05, 3.63) is 11.6 Å². The molecule has 0 aliphatic carbocycles. The lowest BCUT2D eigenvalue weighted by atomic mass is 10.1. The molecule has 1 aliphatic heterocycles. The Labute approximate surface area is 178 Å². The Morgan fingerprint density at radius 3 is 1.97 bits per heavy atom. The van der Waals surface area contributed by atoms with Gasteiger partial charge in [-0.15, -0.1) is 0 Å². The number of likely N-dealkylation sites (tertiary alicyclic amines) is 1. The second-order valence-corrected chi connectivity index (χ2v) is 6.86. The third-order valence-corrected chi connectivity index (χ3v) is 3.89. The van der Waals surface area contributed by atoms with Crippen LogP contribution in [0.1, 0.15) is 74.1 Å². The van der Waals surface area contributed by atoms with Gasteiger partial charge in [-0.2, -0.15) is 0 Å². The summed E-state index contributed by atoms with van der Waals surface area (Å²) in [6, 6.07) is 0.769. The Kier molecular flexibility index (Phi) is 24.6. The van der Waals surface area contributed by atoms with E-state index in [0.717, 1.165) is 6.04 Å². The lowest BCUT2D eigenvalue weighted by molar-refractivity contribution is -0.133. The normalized spacial score (nSPS) is 13.5. The first-order valence-corrected chi connectivity index (χ1v) is 10.8. The number of likely N-dealkylation sites (N-methyl/N-ethyl adjacent to an activating group) is 1. The molecule has 29 heavy (non-hydrogen) atoms. The third-order valence-electron chi connectivity index (χ3n) is 3.89.